The Balaban J connectivity index is 1.23. The van der Waals surface area contributed by atoms with Crippen molar-refractivity contribution in [1.29, 1.82) is 0 Å². The van der Waals surface area contributed by atoms with Gasteiger partial charge in [0.25, 0.3) is 0 Å². The third-order valence-electron chi connectivity index (χ3n) is 6.33. The third-order valence-corrected chi connectivity index (χ3v) is 6.33. The highest BCUT2D eigenvalue weighted by atomic mass is 16.6. The Morgan fingerprint density at radius 1 is 0.784 bits per heavy atom. The number of hydrogen-bond acceptors (Lipinski definition) is 4. The molecule has 0 aromatic heterocycles. The van der Waals surface area contributed by atoms with E-state index in [1.165, 1.54) is 16.7 Å². The minimum absolute atomic E-state index is 0.274. The van der Waals surface area contributed by atoms with Crippen LogP contribution in [-0.2, 0) is 24.4 Å². The maximum absolute atomic E-state index is 12.5. The number of anilines is 3. The average Bonchev–Trinajstić information content (AvgIpc) is 3.32. The number of carbonyl (C=O) groups is 1. The number of nitrogens with one attached hydrogen (secondary N) is 2. The maximum atomic E-state index is 12.5. The zero-order valence-electron chi connectivity index (χ0n) is 21.6. The van der Waals surface area contributed by atoms with Crippen molar-refractivity contribution >= 4 is 23.2 Å². The second-order valence-corrected chi connectivity index (χ2v) is 10.4. The molecule has 5 nitrogen and oxygen atoms in total. The SMILES string of the molecule is CC(C)(C)OC(=O)N1Cc2ccc(Nc3ccccc3NCc3ccc(-c4ccccc4)cc3)cc2C1. The number of rotatable bonds is 6. The first kappa shape index (κ1) is 24.4. The van der Waals surface area contributed by atoms with Crippen LogP contribution in [-0.4, -0.2) is 16.6 Å². The summed E-state index contributed by atoms with van der Waals surface area (Å²) in [5, 5.41) is 7.13. The fraction of sp³-hybridized carbons (Fsp3) is 0.219. The molecule has 37 heavy (non-hydrogen) atoms. The van der Waals surface area contributed by atoms with E-state index in [1.807, 2.05) is 39.0 Å². The monoisotopic (exact) mass is 491 g/mol. The lowest BCUT2D eigenvalue weighted by atomic mass is 10.0. The van der Waals surface area contributed by atoms with E-state index in [4.69, 9.17) is 4.74 Å². The van der Waals surface area contributed by atoms with Crippen LogP contribution in [0.3, 0.4) is 0 Å². The van der Waals surface area contributed by atoms with Crippen molar-refractivity contribution < 1.29 is 9.53 Å². The van der Waals surface area contributed by atoms with Gasteiger partial charge in [0.15, 0.2) is 0 Å². The number of amides is 1. The third kappa shape index (κ3) is 6.12. The highest BCUT2D eigenvalue weighted by Gasteiger charge is 2.27. The van der Waals surface area contributed by atoms with E-state index in [0.717, 1.165) is 34.7 Å². The van der Waals surface area contributed by atoms with Gasteiger partial charge in [-0.2, -0.15) is 0 Å². The Morgan fingerprint density at radius 3 is 2.16 bits per heavy atom. The average molecular weight is 492 g/mol. The number of para-hydroxylation sites is 2. The molecule has 1 aliphatic heterocycles. The molecule has 4 aromatic rings. The molecule has 188 valence electrons. The Morgan fingerprint density at radius 2 is 1.43 bits per heavy atom. The van der Waals surface area contributed by atoms with Crippen LogP contribution in [0.5, 0.6) is 0 Å². The predicted molar refractivity (Wildman–Crippen MR) is 151 cm³/mol. The number of hydrogen-bond donors (Lipinski definition) is 2. The Bertz CT molecular complexity index is 1380. The normalized spacial score (nSPS) is 12.7. The van der Waals surface area contributed by atoms with Crippen LogP contribution in [0.4, 0.5) is 21.9 Å². The van der Waals surface area contributed by atoms with E-state index in [-0.39, 0.29) is 6.09 Å². The van der Waals surface area contributed by atoms with Gasteiger partial charge >= 0.3 is 6.09 Å². The van der Waals surface area contributed by atoms with Gasteiger partial charge in [-0.15, -0.1) is 0 Å². The molecule has 0 radical (unpaired) electrons. The summed E-state index contributed by atoms with van der Waals surface area (Å²) < 4.78 is 5.55. The molecule has 0 aliphatic carbocycles. The van der Waals surface area contributed by atoms with Crippen molar-refractivity contribution in [1.82, 2.24) is 4.90 Å². The first-order valence-electron chi connectivity index (χ1n) is 12.7. The van der Waals surface area contributed by atoms with Gasteiger partial charge < -0.3 is 15.4 Å². The zero-order chi connectivity index (χ0) is 25.8. The molecule has 0 bridgehead atoms. The molecular formula is C32H33N3O2. The second kappa shape index (κ2) is 10.4. The predicted octanol–water partition coefficient (Wildman–Crippen LogP) is 7.96. The summed E-state index contributed by atoms with van der Waals surface area (Å²) in [6.45, 7) is 7.53. The summed E-state index contributed by atoms with van der Waals surface area (Å²) >= 11 is 0. The topological polar surface area (TPSA) is 53.6 Å². The van der Waals surface area contributed by atoms with Crippen molar-refractivity contribution in [2.75, 3.05) is 10.6 Å². The van der Waals surface area contributed by atoms with Crippen LogP contribution in [0, 0.1) is 0 Å². The van der Waals surface area contributed by atoms with Gasteiger partial charge in [0, 0.05) is 25.3 Å². The molecule has 5 heteroatoms. The molecule has 1 amide bonds. The smallest absolute Gasteiger partial charge is 0.410 e. The summed E-state index contributed by atoms with van der Waals surface area (Å²) in [4.78, 5) is 14.3. The number of benzene rings is 4. The minimum Gasteiger partial charge on any atom is -0.444 e. The molecule has 0 saturated carbocycles. The molecular weight excluding hydrogens is 458 g/mol. The standard InChI is InChI=1S/C32H33N3O2/c1-32(2,3)37-31(36)35-21-26-17-18-28(19-27(26)22-35)34-30-12-8-7-11-29(30)33-20-23-13-15-25(16-14-23)24-9-5-4-6-10-24/h4-19,33-34H,20-22H2,1-3H3. The molecule has 0 spiro atoms. The van der Waals surface area contributed by atoms with Gasteiger partial charge in [-0.05, 0) is 72.9 Å². The number of fused-ring (bicyclic) bond motifs is 1. The van der Waals surface area contributed by atoms with Gasteiger partial charge in [0.1, 0.15) is 5.60 Å². The van der Waals surface area contributed by atoms with Crippen molar-refractivity contribution in [3.63, 3.8) is 0 Å². The Labute approximate surface area is 219 Å². The molecule has 5 rings (SSSR count). The van der Waals surface area contributed by atoms with Crippen molar-refractivity contribution in [2.24, 2.45) is 0 Å². The van der Waals surface area contributed by atoms with Crippen molar-refractivity contribution in [2.45, 2.75) is 46.0 Å². The largest absolute Gasteiger partial charge is 0.444 e. The van der Waals surface area contributed by atoms with E-state index < -0.39 is 5.60 Å². The number of carbonyl (C=O) groups excluding carboxylic acids is 1. The highest BCUT2D eigenvalue weighted by molar-refractivity contribution is 5.75. The van der Waals surface area contributed by atoms with Crippen LogP contribution in [0.2, 0.25) is 0 Å². The number of ether oxygens (including phenoxy) is 1. The highest BCUT2D eigenvalue weighted by Crippen LogP contribution is 2.31. The molecule has 0 unspecified atom stereocenters. The van der Waals surface area contributed by atoms with E-state index in [9.17, 15) is 4.79 Å². The van der Waals surface area contributed by atoms with Gasteiger partial charge in [0.2, 0.25) is 0 Å². The molecule has 1 aliphatic rings. The van der Waals surface area contributed by atoms with Crippen LogP contribution >= 0.6 is 0 Å². The molecule has 0 fully saturated rings. The van der Waals surface area contributed by atoms with Crippen LogP contribution < -0.4 is 10.6 Å². The van der Waals surface area contributed by atoms with Crippen LogP contribution in [0.25, 0.3) is 11.1 Å². The van der Waals surface area contributed by atoms with E-state index >= 15 is 0 Å². The minimum atomic E-state index is -0.501. The summed E-state index contributed by atoms with van der Waals surface area (Å²) in [6.07, 6.45) is -0.274. The second-order valence-electron chi connectivity index (χ2n) is 10.4. The molecule has 4 aromatic carbocycles. The van der Waals surface area contributed by atoms with Gasteiger partial charge in [-0.25, -0.2) is 4.79 Å². The quantitative estimate of drug-likeness (QED) is 0.287. The molecule has 0 saturated heterocycles. The molecule has 1 heterocycles. The van der Waals surface area contributed by atoms with E-state index in [0.29, 0.717) is 13.1 Å². The van der Waals surface area contributed by atoms with E-state index in [2.05, 4.69) is 89.5 Å². The summed E-state index contributed by atoms with van der Waals surface area (Å²) in [5.74, 6) is 0. The Hall–Kier alpha value is -4.25. The van der Waals surface area contributed by atoms with Gasteiger partial charge in [0.05, 0.1) is 11.4 Å². The fourth-order valence-electron chi connectivity index (χ4n) is 4.47. The lowest BCUT2D eigenvalue weighted by Gasteiger charge is -2.24. The van der Waals surface area contributed by atoms with Crippen LogP contribution in [0.15, 0.2) is 97.1 Å². The lowest BCUT2D eigenvalue weighted by molar-refractivity contribution is 0.0242. The summed E-state index contributed by atoms with van der Waals surface area (Å²) in [7, 11) is 0. The molecule has 0 atom stereocenters. The van der Waals surface area contributed by atoms with Gasteiger partial charge in [-0.1, -0.05) is 72.8 Å². The molecule has 2 N–H and O–H groups in total. The summed E-state index contributed by atoms with van der Waals surface area (Å²) in [5.41, 5.74) is 8.48. The first-order valence-corrected chi connectivity index (χ1v) is 12.7. The van der Waals surface area contributed by atoms with E-state index in [1.54, 1.807) is 4.90 Å². The maximum Gasteiger partial charge on any atom is 0.410 e. The lowest BCUT2D eigenvalue weighted by Crippen LogP contribution is -2.33. The number of nitrogens with zero attached hydrogens (tertiary/aromatic N) is 1. The first-order chi connectivity index (χ1) is 17.8. The van der Waals surface area contributed by atoms with Crippen molar-refractivity contribution in [3.8, 4) is 11.1 Å². The zero-order valence-corrected chi connectivity index (χ0v) is 21.6. The van der Waals surface area contributed by atoms with Crippen molar-refractivity contribution in [3.05, 3.63) is 114 Å². The van der Waals surface area contributed by atoms with Crippen LogP contribution in [0.1, 0.15) is 37.5 Å². The summed E-state index contributed by atoms with van der Waals surface area (Å²) in [6, 6.07) is 33.6. The fourth-order valence-corrected chi connectivity index (χ4v) is 4.47. The Kier molecular flexibility index (Phi) is 6.87. The van der Waals surface area contributed by atoms with Gasteiger partial charge in [-0.3, -0.25) is 4.90 Å².